The van der Waals surface area contributed by atoms with Gasteiger partial charge in [-0.25, -0.2) is 4.39 Å². The quantitative estimate of drug-likeness (QED) is 0.890. The SMILES string of the molecule is CC(N)(C(=O)NCc1cc(Br)ccc1F)c1ccccc1. The summed E-state index contributed by atoms with van der Waals surface area (Å²) in [6.45, 7) is 1.72. The molecule has 0 saturated heterocycles. The molecule has 0 spiro atoms. The highest BCUT2D eigenvalue weighted by Crippen LogP contribution is 2.19. The van der Waals surface area contributed by atoms with Crippen LogP contribution in [0.5, 0.6) is 0 Å². The molecule has 2 aromatic carbocycles. The number of halogens is 2. The van der Waals surface area contributed by atoms with Crippen molar-refractivity contribution in [1.82, 2.24) is 5.32 Å². The smallest absolute Gasteiger partial charge is 0.244 e. The molecule has 1 amide bonds. The molecular weight excluding hydrogens is 335 g/mol. The summed E-state index contributed by atoms with van der Waals surface area (Å²) in [5.74, 6) is -0.718. The molecule has 2 rings (SSSR count). The van der Waals surface area contributed by atoms with E-state index in [-0.39, 0.29) is 18.3 Å². The Morgan fingerprint density at radius 2 is 1.95 bits per heavy atom. The van der Waals surface area contributed by atoms with E-state index < -0.39 is 5.54 Å². The fourth-order valence-electron chi connectivity index (χ4n) is 1.95. The number of benzene rings is 2. The average Bonchev–Trinajstić information content (AvgIpc) is 2.48. The minimum absolute atomic E-state index is 0.0870. The zero-order valence-electron chi connectivity index (χ0n) is 11.6. The van der Waals surface area contributed by atoms with E-state index in [1.165, 1.54) is 6.07 Å². The van der Waals surface area contributed by atoms with Crippen molar-refractivity contribution in [3.63, 3.8) is 0 Å². The van der Waals surface area contributed by atoms with Gasteiger partial charge in [0.05, 0.1) is 0 Å². The standard InChI is InChI=1S/C16H16BrFN2O/c1-16(19,12-5-3-2-4-6-12)15(21)20-10-11-9-13(17)7-8-14(11)18/h2-9H,10,19H2,1H3,(H,20,21). The van der Waals surface area contributed by atoms with Gasteiger partial charge in [0.15, 0.2) is 0 Å². The summed E-state index contributed by atoms with van der Waals surface area (Å²) in [5.41, 5.74) is 6.05. The fourth-order valence-corrected chi connectivity index (χ4v) is 2.36. The number of rotatable bonds is 4. The largest absolute Gasteiger partial charge is 0.350 e. The molecule has 0 aliphatic rings. The van der Waals surface area contributed by atoms with E-state index in [1.54, 1.807) is 31.2 Å². The Morgan fingerprint density at radius 3 is 2.62 bits per heavy atom. The number of nitrogens with two attached hydrogens (primary N) is 1. The lowest BCUT2D eigenvalue weighted by Crippen LogP contribution is -2.48. The molecular formula is C16H16BrFN2O. The van der Waals surface area contributed by atoms with E-state index in [0.29, 0.717) is 11.1 Å². The molecule has 3 N–H and O–H groups in total. The van der Waals surface area contributed by atoms with Crippen molar-refractivity contribution in [2.24, 2.45) is 5.73 Å². The highest BCUT2D eigenvalue weighted by Gasteiger charge is 2.30. The number of hydrogen-bond acceptors (Lipinski definition) is 2. The Morgan fingerprint density at radius 1 is 1.29 bits per heavy atom. The van der Waals surface area contributed by atoms with Gasteiger partial charge in [0, 0.05) is 16.6 Å². The maximum absolute atomic E-state index is 13.6. The minimum Gasteiger partial charge on any atom is -0.350 e. The number of carbonyl (C=O) groups excluding carboxylic acids is 1. The highest BCUT2D eigenvalue weighted by molar-refractivity contribution is 9.10. The van der Waals surface area contributed by atoms with Crippen LogP contribution in [0.4, 0.5) is 4.39 Å². The molecule has 2 aromatic rings. The van der Waals surface area contributed by atoms with Crippen LogP contribution in [0, 0.1) is 5.82 Å². The lowest BCUT2D eigenvalue weighted by atomic mass is 9.92. The van der Waals surface area contributed by atoms with Crippen LogP contribution in [0.25, 0.3) is 0 Å². The van der Waals surface area contributed by atoms with Crippen molar-refractivity contribution < 1.29 is 9.18 Å². The van der Waals surface area contributed by atoms with Gasteiger partial charge < -0.3 is 11.1 Å². The second-order valence-electron chi connectivity index (χ2n) is 4.99. The van der Waals surface area contributed by atoms with Crippen LogP contribution in [0.1, 0.15) is 18.1 Å². The molecule has 3 nitrogen and oxygen atoms in total. The number of hydrogen-bond donors (Lipinski definition) is 2. The predicted molar refractivity (Wildman–Crippen MR) is 83.9 cm³/mol. The van der Waals surface area contributed by atoms with Crippen molar-refractivity contribution in [2.45, 2.75) is 19.0 Å². The van der Waals surface area contributed by atoms with Crippen LogP contribution in [0.2, 0.25) is 0 Å². The first-order valence-corrected chi connectivity index (χ1v) is 7.27. The molecule has 5 heteroatoms. The second-order valence-corrected chi connectivity index (χ2v) is 5.90. The second kappa shape index (κ2) is 6.37. The number of carbonyl (C=O) groups is 1. The first-order chi connectivity index (χ1) is 9.91. The molecule has 1 unspecified atom stereocenters. The van der Waals surface area contributed by atoms with Gasteiger partial charge in [-0.2, -0.15) is 0 Å². The van der Waals surface area contributed by atoms with E-state index in [1.807, 2.05) is 18.2 Å². The third-order valence-corrected chi connectivity index (χ3v) is 3.79. The van der Waals surface area contributed by atoms with Crippen molar-refractivity contribution in [1.29, 1.82) is 0 Å². The molecule has 0 saturated carbocycles. The van der Waals surface area contributed by atoms with Crippen LogP contribution in [0.3, 0.4) is 0 Å². The van der Waals surface area contributed by atoms with E-state index in [9.17, 15) is 9.18 Å². The van der Waals surface area contributed by atoms with Gasteiger partial charge in [0.2, 0.25) is 5.91 Å². The Bertz CT molecular complexity index is 644. The van der Waals surface area contributed by atoms with Gasteiger partial charge in [-0.05, 0) is 30.7 Å². The van der Waals surface area contributed by atoms with Gasteiger partial charge >= 0.3 is 0 Å². The van der Waals surface area contributed by atoms with Crippen LogP contribution in [-0.4, -0.2) is 5.91 Å². The summed E-state index contributed by atoms with van der Waals surface area (Å²) in [5, 5.41) is 2.68. The molecule has 0 aliphatic heterocycles. The van der Waals surface area contributed by atoms with Crippen LogP contribution in [0.15, 0.2) is 53.0 Å². The molecule has 0 radical (unpaired) electrons. The fraction of sp³-hybridized carbons (Fsp3) is 0.188. The molecule has 110 valence electrons. The van der Waals surface area contributed by atoms with Gasteiger partial charge in [0.25, 0.3) is 0 Å². The Labute approximate surface area is 131 Å². The third kappa shape index (κ3) is 3.68. The monoisotopic (exact) mass is 350 g/mol. The predicted octanol–water partition coefficient (Wildman–Crippen LogP) is 3.08. The van der Waals surface area contributed by atoms with Crippen molar-refractivity contribution in [2.75, 3.05) is 0 Å². The average molecular weight is 351 g/mol. The maximum Gasteiger partial charge on any atom is 0.244 e. The zero-order valence-corrected chi connectivity index (χ0v) is 13.2. The summed E-state index contributed by atoms with van der Waals surface area (Å²) in [4.78, 5) is 12.3. The molecule has 0 fully saturated rings. The molecule has 1 atom stereocenters. The van der Waals surface area contributed by atoms with E-state index >= 15 is 0 Å². The summed E-state index contributed by atoms with van der Waals surface area (Å²) < 4.78 is 14.4. The number of nitrogens with one attached hydrogen (secondary N) is 1. The van der Waals surface area contributed by atoms with Crippen LogP contribution >= 0.6 is 15.9 Å². The van der Waals surface area contributed by atoms with E-state index in [0.717, 1.165) is 4.47 Å². The summed E-state index contributed by atoms with van der Waals surface area (Å²) >= 11 is 3.28. The highest BCUT2D eigenvalue weighted by atomic mass is 79.9. The minimum atomic E-state index is -1.16. The summed E-state index contributed by atoms with van der Waals surface area (Å²) in [6.07, 6.45) is 0. The lowest BCUT2D eigenvalue weighted by Gasteiger charge is -2.24. The van der Waals surface area contributed by atoms with Gasteiger partial charge in [-0.15, -0.1) is 0 Å². The van der Waals surface area contributed by atoms with E-state index in [4.69, 9.17) is 5.73 Å². The normalized spacial score (nSPS) is 13.5. The molecule has 21 heavy (non-hydrogen) atoms. The molecule has 0 bridgehead atoms. The Hall–Kier alpha value is -1.72. The Kier molecular flexibility index (Phi) is 4.75. The van der Waals surface area contributed by atoms with Crippen molar-refractivity contribution in [3.8, 4) is 0 Å². The zero-order chi connectivity index (χ0) is 15.5. The third-order valence-electron chi connectivity index (χ3n) is 3.29. The Balaban J connectivity index is 2.09. The van der Waals surface area contributed by atoms with Gasteiger partial charge in [-0.1, -0.05) is 46.3 Å². The van der Waals surface area contributed by atoms with Crippen LogP contribution < -0.4 is 11.1 Å². The topological polar surface area (TPSA) is 55.1 Å². The molecule has 0 aliphatic carbocycles. The first-order valence-electron chi connectivity index (χ1n) is 6.48. The van der Waals surface area contributed by atoms with Crippen molar-refractivity contribution in [3.05, 3.63) is 69.9 Å². The lowest BCUT2D eigenvalue weighted by molar-refractivity contribution is -0.126. The van der Waals surface area contributed by atoms with Crippen LogP contribution in [-0.2, 0) is 16.9 Å². The van der Waals surface area contributed by atoms with Gasteiger partial charge in [-0.3, -0.25) is 4.79 Å². The molecule has 0 heterocycles. The number of amides is 1. The molecule has 0 aromatic heterocycles. The summed E-state index contributed by atoms with van der Waals surface area (Å²) in [7, 11) is 0. The maximum atomic E-state index is 13.6. The van der Waals surface area contributed by atoms with Gasteiger partial charge in [0.1, 0.15) is 11.4 Å². The first kappa shape index (κ1) is 15.7. The van der Waals surface area contributed by atoms with Crippen molar-refractivity contribution >= 4 is 21.8 Å². The van der Waals surface area contributed by atoms with E-state index in [2.05, 4.69) is 21.2 Å². The summed E-state index contributed by atoms with van der Waals surface area (Å²) in [6, 6.07) is 13.7.